The fraction of sp³-hybridized carbons (Fsp3) is 0.188. The topological polar surface area (TPSA) is 29.4 Å². The second kappa shape index (κ2) is 5.93. The Kier molecular flexibility index (Phi) is 4.27. The summed E-state index contributed by atoms with van der Waals surface area (Å²) in [5.41, 5.74) is 4.20. The molecule has 98 valence electrons. The van der Waals surface area contributed by atoms with Gasteiger partial charge in [0.25, 0.3) is 0 Å². The first-order chi connectivity index (χ1) is 9.08. The molecule has 0 bridgehead atoms. The highest BCUT2D eigenvalue weighted by molar-refractivity contribution is 7.84. The van der Waals surface area contributed by atoms with Crippen LogP contribution in [-0.2, 0) is 11.0 Å². The highest BCUT2D eigenvalue weighted by Crippen LogP contribution is 2.20. The number of rotatable bonds is 3. The first kappa shape index (κ1) is 13.7. The van der Waals surface area contributed by atoms with Crippen molar-refractivity contribution in [1.29, 1.82) is 0 Å². The summed E-state index contributed by atoms with van der Waals surface area (Å²) in [6.07, 6.45) is 1.66. The molecule has 1 atom stereocenters. The first-order valence-electron chi connectivity index (χ1n) is 6.17. The molecule has 0 N–H and O–H groups in total. The van der Waals surface area contributed by atoms with Gasteiger partial charge in [0.05, 0.1) is 4.90 Å². The van der Waals surface area contributed by atoms with Crippen molar-refractivity contribution in [1.82, 2.24) is 0 Å². The maximum atomic E-state index is 12.3. The summed E-state index contributed by atoms with van der Waals surface area (Å²) in [7, 11) is -1.35. The standard InChI is InChI=1S/C16H17NOS/c1-12-9-13(2)16(14(3)10-12)19(18)17-11-15-7-5-4-6-8-15/h4-11H,1-3H3/b17-11+. The third kappa shape index (κ3) is 3.38. The van der Waals surface area contributed by atoms with Crippen LogP contribution in [0.5, 0.6) is 0 Å². The number of aryl methyl sites for hydroxylation is 3. The molecule has 0 heterocycles. The van der Waals surface area contributed by atoms with Gasteiger partial charge in [-0.3, -0.25) is 0 Å². The van der Waals surface area contributed by atoms with Crippen LogP contribution < -0.4 is 0 Å². The maximum Gasteiger partial charge on any atom is 0.173 e. The van der Waals surface area contributed by atoms with E-state index >= 15 is 0 Å². The minimum absolute atomic E-state index is 0.817. The largest absolute Gasteiger partial charge is 0.229 e. The van der Waals surface area contributed by atoms with Crippen molar-refractivity contribution < 1.29 is 4.21 Å². The number of hydrogen-bond donors (Lipinski definition) is 0. The summed E-state index contributed by atoms with van der Waals surface area (Å²) in [4.78, 5) is 0.817. The lowest BCUT2D eigenvalue weighted by molar-refractivity contribution is 0.683. The average Bonchev–Trinajstić information content (AvgIpc) is 2.36. The molecule has 0 saturated carbocycles. The van der Waals surface area contributed by atoms with Crippen molar-refractivity contribution >= 4 is 17.2 Å². The Morgan fingerprint density at radius 2 is 1.58 bits per heavy atom. The van der Waals surface area contributed by atoms with E-state index in [2.05, 4.69) is 4.40 Å². The lowest BCUT2D eigenvalue weighted by atomic mass is 10.1. The smallest absolute Gasteiger partial charge is 0.173 e. The van der Waals surface area contributed by atoms with E-state index in [0.717, 1.165) is 21.6 Å². The minimum atomic E-state index is -1.35. The van der Waals surface area contributed by atoms with Gasteiger partial charge in [0, 0.05) is 6.21 Å². The van der Waals surface area contributed by atoms with Crippen LogP contribution in [0.2, 0.25) is 0 Å². The van der Waals surface area contributed by atoms with Crippen LogP contribution >= 0.6 is 0 Å². The molecular weight excluding hydrogens is 254 g/mol. The van der Waals surface area contributed by atoms with Crippen molar-refractivity contribution in [2.45, 2.75) is 25.7 Å². The molecule has 0 aromatic heterocycles. The van der Waals surface area contributed by atoms with Crippen molar-refractivity contribution in [3.8, 4) is 0 Å². The maximum absolute atomic E-state index is 12.3. The monoisotopic (exact) mass is 271 g/mol. The van der Waals surface area contributed by atoms with Gasteiger partial charge in [-0.25, -0.2) is 4.21 Å². The molecule has 1 unspecified atom stereocenters. The molecular formula is C16H17NOS. The van der Waals surface area contributed by atoms with Crippen LogP contribution in [0.15, 0.2) is 51.8 Å². The van der Waals surface area contributed by atoms with Crippen molar-refractivity contribution in [2.75, 3.05) is 0 Å². The number of benzene rings is 2. The summed E-state index contributed by atoms with van der Waals surface area (Å²) < 4.78 is 16.4. The predicted octanol–water partition coefficient (Wildman–Crippen LogP) is 3.75. The van der Waals surface area contributed by atoms with Crippen molar-refractivity contribution in [3.05, 3.63) is 64.7 Å². The second-order valence-corrected chi connectivity index (χ2v) is 5.74. The lowest BCUT2D eigenvalue weighted by Gasteiger charge is -2.07. The quantitative estimate of drug-likeness (QED) is 0.782. The van der Waals surface area contributed by atoms with E-state index in [-0.39, 0.29) is 0 Å². The van der Waals surface area contributed by atoms with Crippen LogP contribution in [-0.4, -0.2) is 10.4 Å². The van der Waals surface area contributed by atoms with Crippen LogP contribution in [0.1, 0.15) is 22.3 Å². The molecule has 2 aromatic carbocycles. The number of hydrogen-bond acceptors (Lipinski definition) is 1. The van der Waals surface area contributed by atoms with Crippen LogP contribution in [0.3, 0.4) is 0 Å². The zero-order chi connectivity index (χ0) is 13.8. The van der Waals surface area contributed by atoms with E-state index in [1.807, 2.05) is 63.2 Å². The Balaban J connectivity index is 2.29. The van der Waals surface area contributed by atoms with E-state index in [9.17, 15) is 4.21 Å². The summed E-state index contributed by atoms with van der Waals surface area (Å²) >= 11 is 0. The van der Waals surface area contributed by atoms with Crippen molar-refractivity contribution in [2.24, 2.45) is 4.40 Å². The van der Waals surface area contributed by atoms with E-state index in [0.29, 0.717) is 0 Å². The zero-order valence-corrected chi connectivity index (χ0v) is 12.2. The SMILES string of the molecule is Cc1cc(C)c(S(=O)/N=C/c2ccccc2)c(C)c1. The highest BCUT2D eigenvalue weighted by Gasteiger charge is 2.09. The number of nitrogens with zero attached hydrogens (tertiary/aromatic N) is 1. The van der Waals surface area contributed by atoms with Crippen LogP contribution in [0, 0.1) is 20.8 Å². The molecule has 0 aliphatic carbocycles. The van der Waals surface area contributed by atoms with Crippen molar-refractivity contribution in [3.63, 3.8) is 0 Å². The van der Waals surface area contributed by atoms with E-state index in [1.165, 1.54) is 5.56 Å². The van der Waals surface area contributed by atoms with Crippen LogP contribution in [0.25, 0.3) is 0 Å². The molecule has 0 spiro atoms. The van der Waals surface area contributed by atoms with Gasteiger partial charge in [-0.2, -0.15) is 4.40 Å². The van der Waals surface area contributed by atoms with Gasteiger partial charge in [0.1, 0.15) is 0 Å². The first-order valence-corrected chi connectivity index (χ1v) is 7.27. The van der Waals surface area contributed by atoms with Gasteiger partial charge in [0.15, 0.2) is 11.0 Å². The third-order valence-electron chi connectivity index (χ3n) is 2.88. The molecule has 0 aliphatic rings. The minimum Gasteiger partial charge on any atom is -0.229 e. The molecule has 0 saturated heterocycles. The van der Waals surface area contributed by atoms with Crippen LogP contribution in [0.4, 0.5) is 0 Å². The van der Waals surface area contributed by atoms with E-state index in [1.54, 1.807) is 6.21 Å². The van der Waals surface area contributed by atoms with E-state index < -0.39 is 11.0 Å². The fourth-order valence-corrected chi connectivity index (χ4v) is 3.13. The Bertz CT molecular complexity index is 609. The van der Waals surface area contributed by atoms with Gasteiger partial charge in [-0.1, -0.05) is 48.0 Å². The molecule has 0 fully saturated rings. The summed E-state index contributed by atoms with van der Waals surface area (Å²) in [5.74, 6) is 0. The summed E-state index contributed by atoms with van der Waals surface area (Å²) in [5, 5.41) is 0. The molecule has 0 radical (unpaired) electrons. The fourth-order valence-electron chi connectivity index (χ4n) is 2.14. The Labute approximate surface area is 116 Å². The molecule has 0 aliphatic heterocycles. The third-order valence-corrected chi connectivity index (χ3v) is 4.17. The second-order valence-electron chi connectivity index (χ2n) is 4.62. The summed E-state index contributed by atoms with van der Waals surface area (Å²) in [6, 6.07) is 13.8. The van der Waals surface area contributed by atoms with Gasteiger partial charge >= 0.3 is 0 Å². The summed E-state index contributed by atoms with van der Waals surface area (Å²) in [6.45, 7) is 6.00. The highest BCUT2D eigenvalue weighted by atomic mass is 32.2. The molecule has 2 rings (SSSR count). The molecule has 3 heteroatoms. The van der Waals surface area contributed by atoms with Gasteiger partial charge in [0.2, 0.25) is 0 Å². The Morgan fingerprint density at radius 1 is 1.00 bits per heavy atom. The molecule has 2 aromatic rings. The lowest BCUT2D eigenvalue weighted by Crippen LogP contribution is -1.97. The molecule has 2 nitrogen and oxygen atoms in total. The van der Waals surface area contributed by atoms with E-state index in [4.69, 9.17) is 0 Å². The Morgan fingerprint density at radius 3 is 2.16 bits per heavy atom. The Hall–Kier alpha value is -1.74. The zero-order valence-electron chi connectivity index (χ0n) is 11.4. The predicted molar refractivity (Wildman–Crippen MR) is 81.1 cm³/mol. The molecule has 0 amide bonds. The molecule has 19 heavy (non-hydrogen) atoms. The average molecular weight is 271 g/mol. The van der Waals surface area contributed by atoms with Gasteiger partial charge < -0.3 is 0 Å². The van der Waals surface area contributed by atoms with Gasteiger partial charge in [-0.05, 0) is 37.5 Å². The van der Waals surface area contributed by atoms with Gasteiger partial charge in [-0.15, -0.1) is 0 Å². The normalized spacial score (nSPS) is 12.8.